The van der Waals surface area contributed by atoms with Gasteiger partial charge in [-0.05, 0) is 31.4 Å². The van der Waals surface area contributed by atoms with Gasteiger partial charge in [-0.1, -0.05) is 35.3 Å². The Morgan fingerprint density at radius 1 is 1.38 bits per heavy atom. The lowest BCUT2D eigenvalue weighted by Crippen LogP contribution is -2.39. The first-order valence-electron chi connectivity index (χ1n) is 5.17. The lowest BCUT2D eigenvalue weighted by atomic mass is 9.91. The summed E-state index contributed by atoms with van der Waals surface area (Å²) in [6.45, 7) is 2.63. The number of methoxy groups -OCH3 is 1. The van der Waals surface area contributed by atoms with Gasteiger partial charge in [-0.3, -0.25) is 0 Å². The van der Waals surface area contributed by atoms with Crippen LogP contribution in [0.25, 0.3) is 0 Å². The molecule has 0 spiro atoms. The van der Waals surface area contributed by atoms with Crippen LogP contribution >= 0.6 is 23.2 Å². The highest BCUT2D eigenvalue weighted by Crippen LogP contribution is 2.28. The summed E-state index contributed by atoms with van der Waals surface area (Å²) in [5, 5.41) is 1.17. The van der Waals surface area contributed by atoms with Crippen molar-refractivity contribution in [3.63, 3.8) is 0 Å². The van der Waals surface area contributed by atoms with E-state index in [4.69, 9.17) is 33.7 Å². The van der Waals surface area contributed by atoms with Gasteiger partial charge >= 0.3 is 0 Å². The van der Waals surface area contributed by atoms with Crippen LogP contribution in [-0.4, -0.2) is 19.3 Å². The second-order valence-corrected chi connectivity index (χ2v) is 5.07. The SMILES string of the molecule is COCCC(C)(N)Cc1cccc(Cl)c1Cl. The number of nitrogens with two attached hydrogens (primary N) is 1. The average Bonchev–Trinajstić information content (AvgIpc) is 2.22. The highest BCUT2D eigenvalue weighted by atomic mass is 35.5. The third-order valence-corrected chi connectivity index (χ3v) is 3.36. The molecule has 1 aromatic rings. The van der Waals surface area contributed by atoms with Crippen molar-refractivity contribution in [2.24, 2.45) is 5.73 Å². The van der Waals surface area contributed by atoms with Crippen molar-refractivity contribution in [3.05, 3.63) is 33.8 Å². The first kappa shape index (κ1) is 13.8. The summed E-state index contributed by atoms with van der Waals surface area (Å²) in [5.74, 6) is 0. The highest BCUT2D eigenvalue weighted by molar-refractivity contribution is 6.42. The van der Waals surface area contributed by atoms with E-state index in [-0.39, 0.29) is 5.54 Å². The van der Waals surface area contributed by atoms with Crippen molar-refractivity contribution in [1.82, 2.24) is 0 Å². The van der Waals surface area contributed by atoms with Crippen LogP contribution in [0.3, 0.4) is 0 Å². The molecule has 0 fully saturated rings. The van der Waals surface area contributed by atoms with Crippen molar-refractivity contribution >= 4 is 23.2 Å². The normalized spacial score (nSPS) is 14.8. The molecule has 0 aliphatic heterocycles. The fourth-order valence-corrected chi connectivity index (χ4v) is 1.93. The summed E-state index contributed by atoms with van der Waals surface area (Å²) in [4.78, 5) is 0. The van der Waals surface area contributed by atoms with Crippen molar-refractivity contribution < 1.29 is 4.74 Å². The largest absolute Gasteiger partial charge is 0.385 e. The minimum atomic E-state index is -0.329. The van der Waals surface area contributed by atoms with Crippen LogP contribution in [0.1, 0.15) is 18.9 Å². The Morgan fingerprint density at radius 3 is 2.69 bits per heavy atom. The Labute approximate surface area is 107 Å². The van der Waals surface area contributed by atoms with Gasteiger partial charge < -0.3 is 10.5 Å². The molecule has 0 bridgehead atoms. The zero-order valence-corrected chi connectivity index (χ0v) is 11.1. The summed E-state index contributed by atoms with van der Waals surface area (Å²) in [6, 6.07) is 5.61. The van der Waals surface area contributed by atoms with Crippen LogP contribution < -0.4 is 5.73 Å². The molecule has 1 atom stereocenters. The Bertz CT molecular complexity index is 353. The topological polar surface area (TPSA) is 35.2 Å². The van der Waals surface area contributed by atoms with Crippen molar-refractivity contribution in [2.75, 3.05) is 13.7 Å². The highest BCUT2D eigenvalue weighted by Gasteiger charge is 2.20. The minimum Gasteiger partial charge on any atom is -0.385 e. The summed E-state index contributed by atoms with van der Waals surface area (Å²) in [5.41, 5.74) is 6.82. The summed E-state index contributed by atoms with van der Waals surface area (Å²) in [7, 11) is 1.67. The van der Waals surface area contributed by atoms with Crippen LogP contribution in [0.2, 0.25) is 10.0 Å². The quantitative estimate of drug-likeness (QED) is 0.883. The zero-order valence-electron chi connectivity index (χ0n) is 9.59. The maximum absolute atomic E-state index is 6.17. The predicted molar refractivity (Wildman–Crippen MR) is 69.3 cm³/mol. The van der Waals surface area contributed by atoms with Crippen LogP contribution in [-0.2, 0) is 11.2 Å². The molecule has 0 aromatic heterocycles. The maximum atomic E-state index is 6.17. The van der Waals surface area contributed by atoms with Crippen LogP contribution in [0.4, 0.5) is 0 Å². The number of hydrogen-bond acceptors (Lipinski definition) is 2. The fraction of sp³-hybridized carbons (Fsp3) is 0.500. The van der Waals surface area contributed by atoms with Crippen molar-refractivity contribution in [3.8, 4) is 0 Å². The molecular formula is C12H17Cl2NO. The molecule has 0 radical (unpaired) electrons. The molecule has 16 heavy (non-hydrogen) atoms. The summed E-state index contributed by atoms with van der Waals surface area (Å²) in [6.07, 6.45) is 1.47. The van der Waals surface area contributed by atoms with Gasteiger partial charge in [0.25, 0.3) is 0 Å². The first-order chi connectivity index (χ1) is 7.46. The van der Waals surface area contributed by atoms with E-state index in [1.807, 2.05) is 19.1 Å². The number of benzene rings is 1. The standard InChI is InChI=1S/C12H17Cl2NO/c1-12(15,6-7-16-2)8-9-4-3-5-10(13)11(9)14/h3-5H,6-8,15H2,1-2H3. The molecule has 0 aliphatic rings. The van der Waals surface area contributed by atoms with E-state index in [1.165, 1.54) is 0 Å². The molecule has 1 aromatic carbocycles. The molecule has 1 unspecified atom stereocenters. The Balaban J connectivity index is 2.75. The van der Waals surface area contributed by atoms with Crippen LogP contribution in [0.15, 0.2) is 18.2 Å². The third kappa shape index (κ3) is 3.95. The molecule has 2 N–H and O–H groups in total. The van der Waals surface area contributed by atoms with Gasteiger partial charge in [-0.25, -0.2) is 0 Å². The van der Waals surface area contributed by atoms with E-state index in [0.29, 0.717) is 23.1 Å². The number of rotatable bonds is 5. The van der Waals surface area contributed by atoms with Crippen LogP contribution in [0, 0.1) is 0 Å². The molecule has 0 saturated heterocycles. The number of hydrogen-bond donors (Lipinski definition) is 1. The van der Waals surface area contributed by atoms with Gasteiger partial charge in [0.2, 0.25) is 0 Å². The van der Waals surface area contributed by atoms with E-state index < -0.39 is 0 Å². The van der Waals surface area contributed by atoms with E-state index in [2.05, 4.69) is 0 Å². The van der Waals surface area contributed by atoms with E-state index in [9.17, 15) is 0 Å². The lowest BCUT2D eigenvalue weighted by Gasteiger charge is -2.25. The summed E-state index contributed by atoms with van der Waals surface area (Å²) < 4.78 is 5.03. The third-order valence-electron chi connectivity index (χ3n) is 2.50. The van der Waals surface area contributed by atoms with E-state index in [0.717, 1.165) is 12.0 Å². The Morgan fingerprint density at radius 2 is 2.06 bits per heavy atom. The van der Waals surface area contributed by atoms with Crippen molar-refractivity contribution in [1.29, 1.82) is 0 Å². The molecule has 0 aliphatic carbocycles. The second-order valence-electron chi connectivity index (χ2n) is 4.29. The second kappa shape index (κ2) is 5.87. The van der Waals surface area contributed by atoms with Gasteiger partial charge in [-0.15, -0.1) is 0 Å². The predicted octanol–water partition coefficient (Wildman–Crippen LogP) is 3.29. The van der Waals surface area contributed by atoms with Gasteiger partial charge in [0.15, 0.2) is 0 Å². The number of halogens is 2. The molecule has 2 nitrogen and oxygen atoms in total. The fourth-order valence-electron chi connectivity index (χ4n) is 1.54. The van der Waals surface area contributed by atoms with Crippen LogP contribution in [0.5, 0.6) is 0 Å². The first-order valence-corrected chi connectivity index (χ1v) is 5.92. The number of ether oxygens (including phenoxy) is 1. The average molecular weight is 262 g/mol. The Hall–Kier alpha value is -0.280. The maximum Gasteiger partial charge on any atom is 0.0624 e. The van der Waals surface area contributed by atoms with Gasteiger partial charge in [-0.2, -0.15) is 0 Å². The molecule has 0 heterocycles. The zero-order chi connectivity index (χ0) is 12.2. The van der Waals surface area contributed by atoms with Crippen molar-refractivity contribution in [2.45, 2.75) is 25.3 Å². The van der Waals surface area contributed by atoms with Gasteiger partial charge in [0.05, 0.1) is 10.0 Å². The van der Waals surface area contributed by atoms with E-state index in [1.54, 1.807) is 13.2 Å². The van der Waals surface area contributed by atoms with E-state index >= 15 is 0 Å². The van der Waals surface area contributed by atoms with Gasteiger partial charge in [0, 0.05) is 19.3 Å². The minimum absolute atomic E-state index is 0.329. The molecule has 90 valence electrons. The monoisotopic (exact) mass is 261 g/mol. The molecular weight excluding hydrogens is 245 g/mol. The van der Waals surface area contributed by atoms with Gasteiger partial charge in [0.1, 0.15) is 0 Å². The molecule has 1 rings (SSSR count). The molecule has 4 heteroatoms. The Kier molecular flexibility index (Phi) is 5.06. The molecule has 0 saturated carbocycles. The lowest BCUT2D eigenvalue weighted by molar-refractivity contribution is 0.171. The molecule has 0 amide bonds. The smallest absolute Gasteiger partial charge is 0.0624 e. The summed E-state index contributed by atoms with van der Waals surface area (Å²) >= 11 is 12.1.